The van der Waals surface area contributed by atoms with E-state index in [2.05, 4.69) is 46.4 Å². The number of pyridine rings is 1. The number of para-hydroxylation sites is 1. The SMILES string of the molecule is CC1(C2CC2)CN(c2cnc3ccccc3c2)CCN1. The molecule has 3 heteroatoms. The standard InChI is InChI=1S/C17H21N3/c1-17(14-6-7-14)12-20(9-8-19-17)15-10-13-4-2-3-5-16(13)18-11-15/h2-5,10-11,14,19H,6-9,12H2,1H3. The Morgan fingerprint density at radius 2 is 2.15 bits per heavy atom. The van der Waals surface area contributed by atoms with Crippen LogP contribution in [-0.2, 0) is 0 Å². The van der Waals surface area contributed by atoms with Gasteiger partial charge in [0.1, 0.15) is 0 Å². The Balaban J connectivity index is 1.64. The summed E-state index contributed by atoms with van der Waals surface area (Å²) in [7, 11) is 0. The molecule has 0 amide bonds. The molecule has 0 spiro atoms. The lowest BCUT2D eigenvalue weighted by Gasteiger charge is -2.43. The third-order valence-electron chi connectivity index (χ3n) is 4.85. The van der Waals surface area contributed by atoms with Gasteiger partial charge in [0.15, 0.2) is 0 Å². The number of piperazine rings is 1. The lowest BCUT2D eigenvalue weighted by atomic mass is 9.92. The second-order valence-electron chi connectivity index (χ2n) is 6.43. The monoisotopic (exact) mass is 267 g/mol. The van der Waals surface area contributed by atoms with Crippen LogP contribution in [0.5, 0.6) is 0 Å². The quantitative estimate of drug-likeness (QED) is 0.907. The van der Waals surface area contributed by atoms with Crippen LogP contribution >= 0.6 is 0 Å². The second kappa shape index (κ2) is 4.45. The zero-order chi connectivity index (χ0) is 13.6. The van der Waals surface area contributed by atoms with Gasteiger partial charge < -0.3 is 10.2 Å². The highest BCUT2D eigenvalue weighted by molar-refractivity contribution is 5.81. The molecule has 2 aromatic rings. The minimum atomic E-state index is 0.282. The van der Waals surface area contributed by atoms with Gasteiger partial charge in [0.2, 0.25) is 0 Å². The number of fused-ring (bicyclic) bond motifs is 1. The normalized spacial score (nSPS) is 26.9. The fraction of sp³-hybridized carbons (Fsp3) is 0.471. The van der Waals surface area contributed by atoms with Crippen molar-refractivity contribution >= 4 is 16.6 Å². The topological polar surface area (TPSA) is 28.2 Å². The Bertz CT molecular complexity index is 635. The lowest BCUT2D eigenvalue weighted by molar-refractivity contribution is 0.285. The third kappa shape index (κ3) is 2.06. The lowest BCUT2D eigenvalue weighted by Crippen LogP contribution is -2.60. The minimum Gasteiger partial charge on any atom is -0.367 e. The van der Waals surface area contributed by atoms with Gasteiger partial charge in [-0.3, -0.25) is 4.98 Å². The fourth-order valence-corrected chi connectivity index (χ4v) is 3.45. The third-order valence-corrected chi connectivity index (χ3v) is 4.85. The van der Waals surface area contributed by atoms with E-state index in [0.29, 0.717) is 0 Å². The molecule has 2 heterocycles. The van der Waals surface area contributed by atoms with Gasteiger partial charge in [0, 0.05) is 30.6 Å². The summed E-state index contributed by atoms with van der Waals surface area (Å²) in [5, 5.41) is 4.97. The van der Waals surface area contributed by atoms with Gasteiger partial charge >= 0.3 is 0 Å². The molecule has 3 nitrogen and oxygen atoms in total. The molecule has 20 heavy (non-hydrogen) atoms. The maximum atomic E-state index is 4.60. The Morgan fingerprint density at radius 3 is 3.00 bits per heavy atom. The first kappa shape index (κ1) is 12.2. The second-order valence-corrected chi connectivity index (χ2v) is 6.43. The molecule has 1 atom stereocenters. The molecule has 4 rings (SSSR count). The van der Waals surface area contributed by atoms with Crippen molar-refractivity contribution in [3.63, 3.8) is 0 Å². The van der Waals surface area contributed by atoms with E-state index in [1.54, 1.807) is 0 Å². The molecule has 104 valence electrons. The van der Waals surface area contributed by atoms with Crippen LogP contribution in [0, 0.1) is 5.92 Å². The molecule has 1 N–H and O–H groups in total. The van der Waals surface area contributed by atoms with Crippen molar-refractivity contribution in [3.8, 4) is 0 Å². The van der Waals surface area contributed by atoms with Crippen molar-refractivity contribution in [1.29, 1.82) is 0 Å². The predicted octanol–water partition coefficient (Wildman–Crippen LogP) is 2.81. The van der Waals surface area contributed by atoms with E-state index in [-0.39, 0.29) is 5.54 Å². The van der Waals surface area contributed by atoms with E-state index >= 15 is 0 Å². The summed E-state index contributed by atoms with van der Waals surface area (Å²) in [5.41, 5.74) is 2.62. The van der Waals surface area contributed by atoms with E-state index in [0.717, 1.165) is 31.1 Å². The number of aromatic nitrogens is 1. The Hall–Kier alpha value is -1.61. The summed E-state index contributed by atoms with van der Waals surface area (Å²) >= 11 is 0. The molecule has 1 saturated carbocycles. The molecule has 1 aliphatic heterocycles. The molecule has 0 radical (unpaired) electrons. The summed E-state index contributed by atoms with van der Waals surface area (Å²) in [4.78, 5) is 7.10. The average molecular weight is 267 g/mol. The largest absolute Gasteiger partial charge is 0.367 e. The summed E-state index contributed by atoms with van der Waals surface area (Å²) < 4.78 is 0. The molecule has 2 aliphatic rings. The van der Waals surface area contributed by atoms with E-state index in [4.69, 9.17) is 0 Å². The van der Waals surface area contributed by atoms with Crippen LogP contribution in [-0.4, -0.2) is 30.2 Å². The van der Waals surface area contributed by atoms with Crippen LogP contribution < -0.4 is 10.2 Å². The van der Waals surface area contributed by atoms with Gasteiger partial charge in [-0.15, -0.1) is 0 Å². The van der Waals surface area contributed by atoms with Gasteiger partial charge in [-0.05, 0) is 37.8 Å². The summed E-state index contributed by atoms with van der Waals surface area (Å²) in [6.07, 6.45) is 4.79. The first-order valence-corrected chi connectivity index (χ1v) is 7.59. The maximum Gasteiger partial charge on any atom is 0.0703 e. The van der Waals surface area contributed by atoms with Crippen LogP contribution in [0.2, 0.25) is 0 Å². The van der Waals surface area contributed by atoms with Crippen molar-refractivity contribution in [2.45, 2.75) is 25.3 Å². The molecule has 1 aliphatic carbocycles. The van der Waals surface area contributed by atoms with Crippen molar-refractivity contribution in [2.24, 2.45) is 5.92 Å². The van der Waals surface area contributed by atoms with Gasteiger partial charge in [0.05, 0.1) is 17.4 Å². The first-order valence-electron chi connectivity index (χ1n) is 7.59. The number of nitrogens with zero attached hydrogens (tertiary/aromatic N) is 2. The smallest absolute Gasteiger partial charge is 0.0703 e. The van der Waals surface area contributed by atoms with Crippen molar-refractivity contribution in [2.75, 3.05) is 24.5 Å². The summed E-state index contributed by atoms with van der Waals surface area (Å²) in [6, 6.07) is 10.6. The number of benzene rings is 1. The van der Waals surface area contributed by atoms with E-state index in [1.807, 2.05) is 12.3 Å². The Labute approximate surface area is 120 Å². The van der Waals surface area contributed by atoms with Crippen LogP contribution in [0.1, 0.15) is 19.8 Å². The van der Waals surface area contributed by atoms with Crippen molar-refractivity contribution < 1.29 is 0 Å². The van der Waals surface area contributed by atoms with E-state index in [9.17, 15) is 0 Å². The molecule has 1 saturated heterocycles. The highest BCUT2D eigenvalue weighted by atomic mass is 15.2. The minimum absolute atomic E-state index is 0.282. The molecule has 1 aromatic heterocycles. The molecule has 1 aromatic carbocycles. The van der Waals surface area contributed by atoms with Gasteiger partial charge in [-0.25, -0.2) is 0 Å². The van der Waals surface area contributed by atoms with Crippen LogP contribution in [0.4, 0.5) is 5.69 Å². The number of anilines is 1. The molecule has 2 fully saturated rings. The Morgan fingerprint density at radius 1 is 1.30 bits per heavy atom. The van der Waals surface area contributed by atoms with E-state index < -0.39 is 0 Å². The molecule has 0 bridgehead atoms. The average Bonchev–Trinajstić information content (AvgIpc) is 3.32. The van der Waals surface area contributed by atoms with Gasteiger partial charge in [-0.2, -0.15) is 0 Å². The highest BCUT2D eigenvalue weighted by Crippen LogP contribution is 2.41. The summed E-state index contributed by atoms with van der Waals surface area (Å²) in [5.74, 6) is 0.860. The summed E-state index contributed by atoms with van der Waals surface area (Å²) in [6.45, 7) is 5.62. The van der Waals surface area contributed by atoms with Crippen LogP contribution in [0.15, 0.2) is 36.5 Å². The van der Waals surface area contributed by atoms with E-state index in [1.165, 1.54) is 23.9 Å². The maximum absolute atomic E-state index is 4.60. The van der Waals surface area contributed by atoms with Gasteiger partial charge in [-0.1, -0.05) is 18.2 Å². The number of nitrogens with one attached hydrogen (secondary N) is 1. The zero-order valence-corrected chi connectivity index (χ0v) is 12.0. The first-order chi connectivity index (χ1) is 9.74. The van der Waals surface area contributed by atoms with Crippen LogP contribution in [0.3, 0.4) is 0 Å². The molecular weight excluding hydrogens is 246 g/mol. The van der Waals surface area contributed by atoms with Crippen molar-refractivity contribution in [3.05, 3.63) is 36.5 Å². The van der Waals surface area contributed by atoms with Gasteiger partial charge in [0.25, 0.3) is 0 Å². The highest BCUT2D eigenvalue weighted by Gasteiger charge is 2.43. The molecule has 1 unspecified atom stereocenters. The van der Waals surface area contributed by atoms with Crippen molar-refractivity contribution in [1.82, 2.24) is 10.3 Å². The fourth-order valence-electron chi connectivity index (χ4n) is 3.45. The predicted molar refractivity (Wildman–Crippen MR) is 83.1 cm³/mol. The number of hydrogen-bond acceptors (Lipinski definition) is 3. The Kier molecular flexibility index (Phi) is 2.71. The molecular formula is C17H21N3. The zero-order valence-electron chi connectivity index (χ0n) is 12.0. The number of hydrogen-bond donors (Lipinski definition) is 1. The number of rotatable bonds is 2. The van der Waals surface area contributed by atoms with Crippen LogP contribution in [0.25, 0.3) is 10.9 Å².